The van der Waals surface area contributed by atoms with E-state index in [1.807, 2.05) is 38.1 Å². The van der Waals surface area contributed by atoms with Crippen molar-refractivity contribution in [3.05, 3.63) is 59.7 Å². The van der Waals surface area contributed by atoms with Gasteiger partial charge in [0.2, 0.25) is 15.9 Å². The molecular formula is C22H26N2O5S. The zero-order chi connectivity index (χ0) is 22.1. The summed E-state index contributed by atoms with van der Waals surface area (Å²) in [5.41, 5.74) is 1.03. The third-order valence-corrected chi connectivity index (χ3v) is 6.08. The van der Waals surface area contributed by atoms with Gasteiger partial charge in [-0.2, -0.15) is 0 Å². The maximum absolute atomic E-state index is 12.9. The highest BCUT2D eigenvalue weighted by molar-refractivity contribution is 7.92. The Hall–Kier alpha value is -2.87. The van der Waals surface area contributed by atoms with Crippen LogP contribution in [0.15, 0.2) is 48.5 Å². The molecule has 1 N–H and O–H groups in total. The first-order valence-electron chi connectivity index (χ1n) is 9.62. The number of rotatable bonds is 6. The number of ether oxygens (including phenoxy) is 1. The number of nitrogens with one attached hydrogen (secondary N) is 1. The molecule has 1 aliphatic rings. The molecule has 30 heavy (non-hydrogen) atoms. The number of sulfonamides is 1. The van der Waals surface area contributed by atoms with Crippen LogP contribution < -0.4 is 14.4 Å². The summed E-state index contributed by atoms with van der Waals surface area (Å²) in [5, 5.41) is 2.95. The topological polar surface area (TPSA) is 92.8 Å². The lowest BCUT2D eigenvalue weighted by atomic mass is 9.89. The highest BCUT2D eigenvalue weighted by atomic mass is 32.2. The first-order chi connectivity index (χ1) is 14.0. The fourth-order valence-corrected chi connectivity index (χ4v) is 4.43. The smallest absolute Gasteiger partial charge is 0.241 e. The van der Waals surface area contributed by atoms with Crippen LogP contribution in [-0.2, 0) is 14.8 Å². The van der Waals surface area contributed by atoms with Gasteiger partial charge in [-0.25, -0.2) is 8.42 Å². The molecule has 0 saturated heterocycles. The number of para-hydroxylation sites is 1. The lowest BCUT2D eigenvalue weighted by Gasteiger charge is -2.38. The summed E-state index contributed by atoms with van der Waals surface area (Å²) in [6.07, 6.45) is 1.59. The third-order valence-electron chi connectivity index (χ3n) is 4.94. The second-order valence-corrected chi connectivity index (χ2v) is 10.0. The van der Waals surface area contributed by atoms with Gasteiger partial charge in [-0.3, -0.25) is 13.9 Å². The molecule has 7 nitrogen and oxygen atoms in total. The molecule has 8 heteroatoms. The molecule has 1 unspecified atom stereocenters. The van der Waals surface area contributed by atoms with Crippen molar-refractivity contribution in [2.24, 2.45) is 0 Å². The molecule has 2 aromatic rings. The summed E-state index contributed by atoms with van der Waals surface area (Å²) >= 11 is 0. The lowest BCUT2D eigenvalue weighted by molar-refractivity contribution is -0.120. The lowest BCUT2D eigenvalue weighted by Crippen LogP contribution is -2.45. The van der Waals surface area contributed by atoms with Crippen LogP contribution in [0.25, 0.3) is 0 Å². The van der Waals surface area contributed by atoms with Crippen molar-refractivity contribution < 1.29 is 22.7 Å². The van der Waals surface area contributed by atoms with Crippen LogP contribution in [0.5, 0.6) is 5.75 Å². The maximum atomic E-state index is 12.9. The second-order valence-electron chi connectivity index (χ2n) is 8.10. The summed E-state index contributed by atoms with van der Waals surface area (Å²) in [4.78, 5) is 24.5. The Balaban J connectivity index is 1.84. The van der Waals surface area contributed by atoms with E-state index >= 15 is 0 Å². The molecule has 0 radical (unpaired) electrons. The van der Waals surface area contributed by atoms with Crippen molar-refractivity contribution in [2.75, 3.05) is 17.1 Å². The van der Waals surface area contributed by atoms with E-state index in [4.69, 9.17) is 4.74 Å². The minimum absolute atomic E-state index is 0.184. The molecule has 0 spiro atoms. The van der Waals surface area contributed by atoms with E-state index < -0.39 is 21.5 Å². The van der Waals surface area contributed by atoms with Gasteiger partial charge in [0.15, 0.2) is 5.78 Å². The van der Waals surface area contributed by atoms with Crippen molar-refractivity contribution >= 4 is 27.4 Å². The van der Waals surface area contributed by atoms with Crippen molar-refractivity contribution in [3.63, 3.8) is 0 Å². The standard InChI is InChI=1S/C22H26N2O5S/c1-15(25)16-8-7-9-17(12-16)24(30(4,27)28)14-21(26)23-19-13-22(2,3)29-20-11-6-5-10-18(19)20/h5-12,19H,13-14H2,1-4H3,(H,23,26). The molecule has 160 valence electrons. The van der Waals surface area contributed by atoms with Crippen molar-refractivity contribution in [1.82, 2.24) is 5.32 Å². The normalized spacial score (nSPS) is 17.4. The van der Waals surface area contributed by atoms with Gasteiger partial charge in [0.1, 0.15) is 17.9 Å². The largest absolute Gasteiger partial charge is 0.487 e. The Morgan fingerprint density at radius 3 is 2.53 bits per heavy atom. The van der Waals surface area contributed by atoms with Gasteiger partial charge < -0.3 is 10.1 Å². The number of hydrogen-bond donors (Lipinski definition) is 1. The number of anilines is 1. The Bertz CT molecular complexity index is 1080. The van der Waals surface area contributed by atoms with Crippen LogP contribution >= 0.6 is 0 Å². The molecule has 3 rings (SSSR count). The Morgan fingerprint density at radius 2 is 1.87 bits per heavy atom. The van der Waals surface area contributed by atoms with Crippen LogP contribution in [0.1, 0.15) is 49.2 Å². The molecule has 1 aliphatic heterocycles. The average Bonchev–Trinajstić information content (AvgIpc) is 2.64. The van der Waals surface area contributed by atoms with Gasteiger partial charge in [-0.15, -0.1) is 0 Å². The molecule has 1 amide bonds. The van der Waals surface area contributed by atoms with Crippen molar-refractivity contribution in [3.8, 4) is 5.75 Å². The van der Waals surface area contributed by atoms with Crippen LogP contribution in [0.2, 0.25) is 0 Å². The van der Waals surface area contributed by atoms with Crippen LogP contribution in [0.4, 0.5) is 5.69 Å². The fraction of sp³-hybridized carbons (Fsp3) is 0.364. The van der Waals surface area contributed by atoms with Crippen LogP contribution in [0, 0.1) is 0 Å². The van der Waals surface area contributed by atoms with E-state index in [2.05, 4.69) is 5.32 Å². The summed E-state index contributed by atoms with van der Waals surface area (Å²) in [6, 6.07) is 13.4. The molecule has 1 heterocycles. The predicted molar refractivity (Wildman–Crippen MR) is 115 cm³/mol. The zero-order valence-electron chi connectivity index (χ0n) is 17.5. The van der Waals surface area contributed by atoms with E-state index in [1.54, 1.807) is 18.2 Å². The molecule has 0 fully saturated rings. The Kier molecular flexibility index (Phi) is 5.90. The number of hydrogen-bond acceptors (Lipinski definition) is 5. The van der Waals surface area contributed by atoms with E-state index in [-0.39, 0.29) is 24.1 Å². The third kappa shape index (κ3) is 4.99. The molecular weight excluding hydrogens is 404 g/mol. The van der Waals surface area contributed by atoms with E-state index in [1.165, 1.54) is 13.0 Å². The number of carbonyl (C=O) groups excluding carboxylic acids is 2. The van der Waals surface area contributed by atoms with Crippen molar-refractivity contribution in [2.45, 2.75) is 38.8 Å². The molecule has 0 saturated carbocycles. The minimum atomic E-state index is -3.74. The van der Waals surface area contributed by atoms with Crippen LogP contribution in [-0.4, -0.2) is 38.5 Å². The number of Topliss-reactive ketones (excluding diaryl/α,β-unsaturated/α-hetero) is 1. The molecule has 0 bridgehead atoms. The summed E-state index contributed by atoms with van der Waals surface area (Å²) < 4.78 is 31.8. The van der Waals surface area contributed by atoms with E-state index in [0.29, 0.717) is 17.7 Å². The van der Waals surface area contributed by atoms with Gasteiger partial charge in [-0.1, -0.05) is 30.3 Å². The Morgan fingerprint density at radius 1 is 1.17 bits per heavy atom. The maximum Gasteiger partial charge on any atom is 0.241 e. The predicted octanol–water partition coefficient (Wildman–Crippen LogP) is 3.07. The number of nitrogens with zero attached hydrogens (tertiary/aromatic N) is 1. The van der Waals surface area contributed by atoms with E-state index in [0.717, 1.165) is 16.1 Å². The average molecular weight is 431 g/mol. The number of amides is 1. The highest BCUT2D eigenvalue weighted by Gasteiger charge is 2.34. The number of carbonyl (C=O) groups is 2. The summed E-state index contributed by atoms with van der Waals surface area (Å²) in [6.45, 7) is 4.90. The summed E-state index contributed by atoms with van der Waals surface area (Å²) in [7, 11) is -3.74. The van der Waals surface area contributed by atoms with Crippen LogP contribution in [0.3, 0.4) is 0 Å². The minimum Gasteiger partial charge on any atom is -0.487 e. The van der Waals surface area contributed by atoms with Gasteiger partial charge in [0.05, 0.1) is 18.0 Å². The first-order valence-corrected chi connectivity index (χ1v) is 11.5. The number of fused-ring (bicyclic) bond motifs is 1. The molecule has 0 aromatic heterocycles. The second kappa shape index (κ2) is 8.10. The van der Waals surface area contributed by atoms with Gasteiger partial charge in [0.25, 0.3) is 0 Å². The first kappa shape index (κ1) is 21.8. The van der Waals surface area contributed by atoms with Gasteiger partial charge >= 0.3 is 0 Å². The molecule has 2 aromatic carbocycles. The SMILES string of the molecule is CC(=O)c1cccc(N(CC(=O)NC2CC(C)(C)Oc3ccccc32)S(C)(=O)=O)c1. The zero-order valence-corrected chi connectivity index (χ0v) is 18.3. The Labute approximate surface area is 177 Å². The number of benzene rings is 2. The van der Waals surface area contributed by atoms with Gasteiger partial charge in [-0.05, 0) is 39.0 Å². The summed E-state index contributed by atoms with van der Waals surface area (Å²) in [5.74, 6) is 0.0788. The fourth-order valence-electron chi connectivity index (χ4n) is 3.58. The highest BCUT2D eigenvalue weighted by Crippen LogP contribution is 2.39. The van der Waals surface area contributed by atoms with Crippen molar-refractivity contribution in [1.29, 1.82) is 0 Å². The van der Waals surface area contributed by atoms with E-state index in [9.17, 15) is 18.0 Å². The molecule has 0 aliphatic carbocycles. The van der Waals surface area contributed by atoms with Gasteiger partial charge in [0, 0.05) is 17.5 Å². The molecule has 1 atom stereocenters. The monoisotopic (exact) mass is 430 g/mol. The quantitative estimate of drug-likeness (QED) is 0.711. The number of ketones is 1.